The Morgan fingerprint density at radius 3 is 2.59 bits per heavy atom. The topological polar surface area (TPSA) is 21.3 Å². The maximum atomic E-state index is 5.35. The molecule has 0 fully saturated rings. The molecule has 0 aliphatic carbocycles. The van der Waals surface area contributed by atoms with Crippen LogP contribution in [-0.4, -0.2) is 13.2 Å². The lowest BCUT2D eigenvalue weighted by Gasteiger charge is -2.17. The molecule has 0 spiro atoms. The third-order valence-corrected chi connectivity index (χ3v) is 3.20. The molecule has 0 saturated heterocycles. The number of nitrogens with one attached hydrogen (secondary N) is 1. The van der Waals surface area contributed by atoms with E-state index in [2.05, 4.69) is 48.1 Å². The molecule has 1 unspecified atom stereocenters. The van der Waals surface area contributed by atoms with Crippen LogP contribution in [0.4, 0.5) is 0 Å². The van der Waals surface area contributed by atoms with Gasteiger partial charge in [0.2, 0.25) is 0 Å². The molecule has 1 aromatic rings. The lowest BCUT2D eigenvalue weighted by molar-refractivity contribution is 0.400. The highest BCUT2D eigenvalue weighted by atomic mass is 79.9. The fraction of sp³-hybridized carbons (Fsp3) is 0.571. The quantitative estimate of drug-likeness (QED) is 0.858. The minimum absolute atomic E-state index is 0.527. The second kappa shape index (κ2) is 7.02. The highest BCUT2D eigenvalue weighted by Crippen LogP contribution is 2.23. The summed E-state index contributed by atoms with van der Waals surface area (Å²) in [5, 5.41) is 3.53. The van der Waals surface area contributed by atoms with Gasteiger partial charge in [0.15, 0.2) is 0 Å². The molecule has 0 amide bonds. The van der Waals surface area contributed by atoms with Crippen LogP contribution < -0.4 is 10.1 Å². The first kappa shape index (κ1) is 14.5. The molecule has 0 heterocycles. The molecule has 17 heavy (non-hydrogen) atoms. The van der Waals surface area contributed by atoms with Gasteiger partial charge in [-0.1, -0.05) is 29.8 Å². The van der Waals surface area contributed by atoms with Crippen LogP contribution in [0.15, 0.2) is 22.7 Å². The van der Waals surface area contributed by atoms with Crippen LogP contribution >= 0.6 is 15.9 Å². The summed E-state index contributed by atoms with van der Waals surface area (Å²) in [5.74, 6) is 1.67. The molecule has 0 bridgehead atoms. The highest BCUT2D eigenvalue weighted by molar-refractivity contribution is 9.10. The minimum atomic E-state index is 0.527. The third kappa shape index (κ3) is 5.09. The Morgan fingerprint density at radius 2 is 2.00 bits per heavy atom. The Kier molecular flexibility index (Phi) is 6.00. The van der Waals surface area contributed by atoms with Crippen molar-refractivity contribution in [2.75, 3.05) is 7.11 Å². The van der Waals surface area contributed by atoms with Crippen molar-refractivity contribution >= 4 is 15.9 Å². The van der Waals surface area contributed by atoms with Crippen LogP contribution in [0.2, 0.25) is 0 Å². The summed E-state index contributed by atoms with van der Waals surface area (Å²) in [5.41, 5.74) is 1.19. The normalized spacial score (nSPS) is 12.8. The molecule has 1 N–H and O–H groups in total. The van der Waals surface area contributed by atoms with Crippen molar-refractivity contribution < 1.29 is 4.74 Å². The van der Waals surface area contributed by atoms with Gasteiger partial charge in [0.25, 0.3) is 0 Å². The van der Waals surface area contributed by atoms with Gasteiger partial charge in [-0.05, 0) is 37.5 Å². The predicted octanol–water partition coefficient (Wildman–Crippen LogP) is 3.98. The minimum Gasteiger partial charge on any atom is -0.496 e. The Hall–Kier alpha value is -0.540. The fourth-order valence-electron chi connectivity index (χ4n) is 1.96. The average molecular weight is 300 g/mol. The van der Waals surface area contributed by atoms with Crippen LogP contribution in [-0.2, 0) is 6.54 Å². The summed E-state index contributed by atoms with van der Waals surface area (Å²) < 4.78 is 6.44. The molecule has 3 heteroatoms. The zero-order valence-electron chi connectivity index (χ0n) is 11.1. The highest BCUT2D eigenvalue weighted by Gasteiger charge is 2.07. The molecule has 96 valence electrons. The van der Waals surface area contributed by atoms with E-state index in [9.17, 15) is 0 Å². The Bertz CT molecular complexity index is 352. The molecule has 0 saturated carbocycles. The lowest BCUT2D eigenvalue weighted by Crippen LogP contribution is -2.27. The number of hydrogen-bond acceptors (Lipinski definition) is 2. The Labute approximate surface area is 113 Å². The molecule has 0 radical (unpaired) electrons. The molecule has 0 aliphatic rings. The molecule has 0 aliphatic heterocycles. The molecular formula is C14H22BrNO. The maximum Gasteiger partial charge on any atom is 0.123 e. The summed E-state index contributed by atoms with van der Waals surface area (Å²) in [4.78, 5) is 0. The first-order valence-corrected chi connectivity index (χ1v) is 6.88. The van der Waals surface area contributed by atoms with Gasteiger partial charge >= 0.3 is 0 Å². The van der Waals surface area contributed by atoms with Gasteiger partial charge in [-0.3, -0.25) is 0 Å². The first-order valence-electron chi connectivity index (χ1n) is 6.08. The van der Waals surface area contributed by atoms with E-state index < -0.39 is 0 Å². The van der Waals surface area contributed by atoms with E-state index in [0.717, 1.165) is 22.7 Å². The van der Waals surface area contributed by atoms with Crippen molar-refractivity contribution in [3.63, 3.8) is 0 Å². The van der Waals surface area contributed by atoms with E-state index in [1.54, 1.807) is 7.11 Å². The number of hydrogen-bond donors (Lipinski definition) is 1. The second-order valence-corrected chi connectivity index (χ2v) is 5.78. The van der Waals surface area contributed by atoms with Crippen LogP contribution in [0.3, 0.4) is 0 Å². The zero-order chi connectivity index (χ0) is 12.8. The Balaban J connectivity index is 2.58. The van der Waals surface area contributed by atoms with Gasteiger partial charge in [0.1, 0.15) is 5.75 Å². The first-order chi connectivity index (χ1) is 8.02. The van der Waals surface area contributed by atoms with Crippen molar-refractivity contribution in [3.8, 4) is 5.75 Å². The van der Waals surface area contributed by atoms with E-state index in [1.807, 2.05) is 12.1 Å². The number of benzene rings is 1. The maximum absolute atomic E-state index is 5.35. The zero-order valence-corrected chi connectivity index (χ0v) is 12.7. The Morgan fingerprint density at radius 1 is 1.29 bits per heavy atom. The summed E-state index contributed by atoms with van der Waals surface area (Å²) in [6.07, 6.45) is 1.19. The monoisotopic (exact) mass is 299 g/mol. The van der Waals surface area contributed by atoms with E-state index in [-0.39, 0.29) is 0 Å². The molecule has 1 atom stereocenters. The van der Waals surface area contributed by atoms with E-state index in [0.29, 0.717) is 6.04 Å². The average Bonchev–Trinajstić information content (AvgIpc) is 2.25. The second-order valence-electron chi connectivity index (χ2n) is 4.87. The number of methoxy groups -OCH3 is 1. The molecule has 0 aromatic heterocycles. The standard InChI is InChI=1S/C14H22BrNO/c1-10(2)7-11(3)16-9-12-8-13(15)5-6-14(12)17-4/h5-6,8,10-11,16H,7,9H2,1-4H3. The van der Waals surface area contributed by atoms with Gasteiger partial charge in [-0.2, -0.15) is 0 Å². The van der Waals surface area contributed by atoms with Crippen LogP contribution in [0.1, 0.15) is 32.8 Å². The van der Waals surface area contributed by atoms with Gasteiger partial charge in [-0.25, -0.2) is 0 Å². The van der Waals surface area contributed by atoms with Crippen LogP contribution in [0.25, 0.3) is 0 Å². The molecular weight excluding hydrogens is 278 g/mol. The molecule has 1 rings (SSSR count). The molecule has 2 nitrogen and oxygen atoms in total. The predicted molar refractivity (Wildman–Crippen MR) is 76.5 cm³/mol. The summed E-state index contributed by atoms with van der Waals surface area (Å²) in [6.45, 7) is 7.57. The van der Waals surface area contributed by atoms with Crippen molar-refractivity contribution in [2.24, 2.45) is 5.92 Å². The molecule has 1 aromatic carbocycles. The fourth-order valence-corrected chi connectivity index (χ4v) is 2.37. The third-order valence-electron chi connectivity index (χ3n) is 2.71. The van der Waals surface area contributed by atoms with Crippen LogP contribution in [0.5, 0.6) is 5.75 Å². The van der Waals surface area contributed by atoms with Crippen LogP contribution in [0, 0.1) is 5.92 Å². The van der Waals surface area contributed by atoms with Gasteiger partial charge < -0.3 is 10.1 Å². The number of halogens is 1. The largest absolute Gasteiger partial charge is 0.496 e. The smallest absolute Gasteiger partial charge is 0.123 e. The lowest BCUT2D eigenvalue weighted by atomic mass is 10.0. The van der Waals surface area contributed by atoms with E-state index >= 15 is 0 Å². The SMILES string of the molecule is COc1ccc(Br)cc1CNC(C)CC(C)C. The van der Waals surface area contributed by atoms with Crippen molar-refractivity contribution in [2.45, 2.75) is 39.8 Å². The van der Waals surface area contributed by atoms with E-state index in [4.69, 9.17) is 4.74 Å². The van der Waals surface area contributed by atoms with Crippen molar-refractivity contribution in [1.29, 1.82) is 0 Å². The summed E-state index contributed by atoms with van der Waals surface area (Å²) in [7, 11) is 1.71. The van der Waals surface area contributed by atoms with E-state index in [1.165, 1.54) is 12.0 Å². The summed E-state index contributed by atoms with van der Waals surface area (Å²) in [6, 6.07) is 6.63. The van der Waals surface area contributed by atoms with Gasteiger partial charge in [-0.15, -0.1) is 0 Å². The van der Waals surface area contributed by atoms with Gasteiger partial charge in [0, 0.05) is 22.6 Å². The number of ether oxygens (including phenoxy) is 1. The number of rotatable bonds is 6. The van der Waals surface area contributed by atoms with Gasteiger partial charge in [0.05, 0.1) is 7.11 Å². The summed E-state index contributed by atoms with van der Waals surface area (Å²) >= 11 is 3.49. The van der Waals surface area contributed by atoms with Crippen molar-refractivity contribution in [1.82, 2.24) is 5.32 Å². The van der Waals surface area contributed by atoms with Crippen molar-refractivity contribution in [3.05, 3.63) is 28.2 Å².